The lowest BCUT2D eigenvalue weighted by atomic mass is 10.2. The zero-order valence-electron chi connectivity index (χ0n) is 9.61. The fraction of sp³-hybridized carbons (Fsp3) is 0.364. The van der Waals surface area contributed by atoms with Gasteiger partial charge in [-0.05, 0) is 20.8 Å². The average molecular weight is 234 g/mol. The van der Waals surface area contributed by atoms with Gasteiger partial charge in [-0.3, -0.25) is 0 Å². The highest BCUT2D eigenvalue weighted by Gasteiger charge is 2.07. The second-order valence-electron chi connectivity index (χ2n) is 3.79. The monoisotopic (exact) mass is 234 g/mol. The minimum absolute atomic E-state index is 0.566. The number of thiazole rings is 1. The van der Waals surface area contributed by atoms with Gasteiger partial charge in [0.25, 0.3) is 0 Å². The lowest BCUT2D eigenvalue weighted by Crippen LogP contribution is -2.05. The number of aryl methyl sites for hydroxylation is 2. The van der Waals surface area contributed by atoms with E-state index in [4.69, 9.17) is 5.73 Å². The fourth-order valence-electron chi connectivity index (χ4n) is 1.41. The summed E-state index contributed by atoms with van der Waals surface area (Å²) < 4.78 is 0. The molecular weight excluding hydrogens is 220 g/mol. The van der Waals surface area contributed by atoms with E-state index >= 15 is 0 Å². The molecule has 2 aromatic rings. The summed E-state index contributed by atoms with van der Waals surface area (Å²) in [7, 11) is 0. The van der Waals surface area contributed by atoms with Crippen LogP contribution >= 0.6 is 11.3 Å². The molecule has 2 heterocycles. The number of hydrogen-bond donors (Lipinski definition) is 1. The fourth-order valence-corrected chi connectivity index (χ4v) is 2.18. The average Bonchev–Trinajstić information content (AvgIpc) is 2.60. The van der Waals surface area contributed by atoms with Gasteiger partial charge >= 0.3 is 0 Å². The van der Waals surface area contributed by atoms with Gasteiger partial charge in [-0.1, -0.05) is 0 Å². The molecule has 0 aliphatic rings. The molecular formula is C11H14N4S. The van der Waals surface area contributed by atoms with Crippen LogP contribution in [-0.4, -0.2) is 15.0 Å². The van der Waals surface area contributed by atoms with Crippen molar-refractivity contribution in [1.82, 2.24) is 15.0 Å². The summed E-state index contributed by atoms with van der Waals surface area (Å²) in [5.41, 5.74) is 8.75. The maximum atomic E-state index is 5.81. The molecule has 2 N–H and O–H groups in total. The van der Waals surface area contributed by atoms with E-state index in [2.05, 4.69) is 15.0 Å². The Morgan fingerprint density at radius 2 is 1.94 bits per heavy atom. The van der Waals surface area contributed by atoms with E-state index in [1.807, 2.05) is 26.2 Å². The molecule has 4 nitrogen and oxygen atoms in total. The van der Waals surface area contributed by atoms with Crippen LogP contribution in [0.25, 0.3) is 0 Å². The Hall–Kier alpha value is -1.49. The Morgan fingerprint density at radius 3 is 2.50 bits per heavy atom. The Bertz CT molecular complexity index is 495. The SMILES string of the molecule is Cc1csc(Cc2nc(C)c(C)c(N)n2)n1. The summed E-state index contributed by atoms with van der Waals surface area (Å²) in [4.78, 5) is 13.1. The van der Waals surface area contributed by atoms with E-state index in [1.165, 1.54) is 0 Å². The van der Waals surface area contributed by atoms with E-state index in [0.29, 0.717) is 12.2 Å². The van der Waals surface area contributed by atoms with Gasteiger partial charge < -0.3 is 5.73 Å². The largest absolute Gasteiger partial charge is 0.383 e. The molecule has 2 aromatic heterocycles. The Balaban J connectivity index is 2.28. The van der Waals surface area contributed by atoms with Crippen LogP contribution in [0.15, 0.2) is 5.38 Å². The summed E-state index contributed by atoms with van der Waals surface area (Å²) in [6.45, 7) is 5.86. The molecule has 0 saturated carbocycles. The summed E-state index contributed by atoms with van der Waals surface area (Å²) in [5.74, 6) is 1.31. The van der Waals surface area contributed by atoms with Gasteiger partial charge in [0.05, 0.1) is 6.42 Å². The minimum atomic E-state index is 0.566. The predicted molar refractivity (Wildman–Crippen MR) is 65.6 cm³/mol. The number of nitrogen functional groups attached to an aromatic ring is 1. The first-order chi connectivity index (χ1) is 7.56. The summed E-state index contributed by atoms with van der Waals surface area (Å²) in [6, 6.07) is 0. The molecule has 0 fully saturated rings. The number of anilines is 1. The van der Waals surface area contributed by atoms with Crippen molar-refractivity contribution in [3.05, 3.63) is 33.2 Å². The van der Waals surface area contributed by atoms with Gasteiger partial charge in [-0.15, -0.1) is 11.3 Å². The first-order valence-corrected chi connectivity index (χ1v) is 5.95. The molecule has 0 radical (unpaired) electrons. The quantitative estimate of drug-likeness (QED) is 0.863. The summed E-state index contributed by atoms with van der Waals surface area (Å²) in [5, 5.41) is 3.06. The van der Waals surface area contributed by atoms with E-state index in [1.54, 1.807) is 11.3 Å². The molecule has 0 amide bonds. The second kappa shape index (κ2) is 4.17. The highest BCUT2D eigenvalue weighted by atomic mass is 32.1. The third-order valence-electron chi connectivity index (χ3n) is 2.45. The van der Waals surface area contributed by atoms with Crippen LogP contribution in [0.3, 0.4) is 0 Å². The molecule has 0 aliphatic carbocycles. The Labute approximate surface area is 98.6 Å². The predicted octanol–water partition coefficient (Wildman–Crippen LogP) is 2.03. The zero-order chi connectivity index (χ0) is 11.7. The standard InChI is InChI=1S/C11H14N4S/c1-6-5-16-10(13-6)4-9-14-8(3)7(2)11(12)15-9/h5H,4H2,1-3H3,(H2,12,14,15). The van der Waals surface area contributed by atoms with Gasteiger partial charge in [-0.2, -0.15) is 0 Å². The van der Waals surface area contributed by atoms with Crippen LogP contribution in [0.4, 0.5) is 5.82 Å². The Kier molecular flexibility index (Phi) is 2.87. The van der Waals surface area contributed by atoms with Crippen molar-refractivity contribution >= 4 is 17.2 Å². The van der Waals surface area contributed by atoms with Gasteiger partial charge in [0.2, 0.25) is 0 Å². The highest BCUT2D eigenvalue weighted by molar-refractivity contribution is 7.09. The van der Waals surface area contributed by atoms with Gasteiger partial charge in [0.1, 0.15) is 16.6 Å². The maximum Gasteiger partial charge on any atom is 0.137 e. The second-order valence-corrected chi connectivity index (χ2v) is 4.74. The van der Waals surface area contributed by atoms with E-state index in [9.17, 15) is 0 Å². The maximum absolute atomic E-state index is 5.81. The highest BCUT2D eigenvalue weighted by Crippen LogP contribution is 2.15. The van der Waals surface area contributed by atoms with Gasteiger partial charge in [0, 0.05) is 22.3 Å². The van der Waals surface area contributed by atoms with Crippen LogP contribution in [0, 0.1) is 20.8 Å². The first kappa shape index (κ1) is 11.0. The van der Waals surface area contributed by atoms with Crippen molar-refractivity contribution in [2.75, 3.05) is 5.73 Å². The number of aromatic nitrogens is 3. The molecule has 0 atom stereocenters. The van der Waals surface area contributed by atoms with Crippen molar-refractivity contribution in [3.8, 4) is 0 Å². The molecule has 0 aromatic carbocycles. The van der Waals surface area contributed by atoms with Crippen LogP contribution in [0.2, 0.25) is 0 Å². The first-order valence-electron chi connectivity index (χ1n) is 5.07. The van der Waals surface area contributed by atoms with Gasteiger partial charge in [-0.25, -0.2) is 15.0 Å². The number of nitrogens with two attached hydrogens (primary N) is 1. The molecule has 5 heteroatoms. The summed E-state index contributed by atoms with van der Waals surface area (Å²) in [6.07, 6.45) is 0.657. The lowest BCUT2D eigenvalue weighted by Gasteiger charge is -2.05. The minimum Gasteiger partial charge on any atom is -0.383 e. The van der Waals surface area contributed by atoms with E-state index < -0.39 is 0 Å². The molecule has 2 rings (SSSR count). The lowest BCUT2D eigenvalue weighted by molar-refractivity contribution is 0.923. The third-order valence-corrected chi connectivity index (χ3v) is 3.42. The van der Waals surface area contributed by atoms with Crippen molar-refractivity contribution in [3.63, 3.8) is 0 Å². The summed E-state index contributed by atoms with van der Waals surface area (Å²) >= 11 is 1.63. The zero-order valence-corrected chi connectivity index (χ0v) is 10.4. The molecule has 0 spiro atoms. The molecule has 84 valence electrons. The van der Waals surface area contributed by atoms with Gasteiger partial charge in [0.15, 0.2) is 0 Å². The van der Waals surface area contributed by atoms with Crippen molar-refractivity contribution in [2.24, 2.45) is 0 Å². The van der Waals surface area contributed by atoms with Crippen LogP contribution < -0.4 is 5.73 Å². The molecule has 0 bridgehead atoms. The number of hydrogen-bond acceptors (Lipinski definition) is 5. The molecule has 16 heavy (non-hydrogen) atoms. The van der Waals surface area contributed by atoms with Crippen molar-refractivity contribution in [2.45, 2.75) is 27.2 Å². The Morgan fingerprint density at radius 1 is 1.19 bits per heavy atom. The van der Waals surface area contributed by atoms with E-state index in [0.717, 1.165) is 27.8 Å². The smallest absolute Gasteiger partial charge is 0.137 e. The third kappa shape index (κ3) is 2.19. The van der Waals surface area contributed by atoms with Crippen LogP contribution in [-0.2, 0) is 6.42 Å². The number of nitrogens with zero attached hydrogens (tertiary/aromatic N) is 3. The topological polar surface area (TPSA) is 64.7 Å². The molecule has 0 aliphatic heterocycles. The number of rotatable bonds is 2. The van der Waals surface area contributed by atoms with Crippen LogP contribution in [0.1, 0.15) is 27.8 Å². The molecule has 0 unspecified atom stereocenters. The van der Waals surface area contributed by atoms with Crippen LogP contribution in [0.5, 0.6) is 0 Å². The van der Waals surface area contributed by atoms with E-state index in [-0.39, 0.29) is 0 Å². The normalized spacial score (nSPS) is 10.7. The van der Waals surface area contributed by atoms with Crippen molar-refractivity contribution < 1.29 is 0 Å². The molecule has 0 saturated heterocycles. The van der Waals surface area contributed by atoms with Crippen molar-refractivity contribution in [1.29, 1.82) is 0 Å².